The van der Waals surface area contributed by atoms with Gasteiger partial charge in [0, 0.05) is 9.79 Å². The number of hydrogen-bond donors (Lipinski definition) is 0. The minimum atomic E-state index is -0.331. The molecule has 0 saturated carbocycles. The highest BCUT2D eigenvalue weighted by atomic mass is 35.5. The summed E-state index contributed by atoms with van der Waals surface area (Å²) in [7, 11) is 0. The highest BCUT2D eigenvalue weighted by molar-refractivity contribution is 7.99. The van der Waals surface area contributed by atoms with Gasteiger partial charge < -0.3 is 4.74 Å². The van der Waals surface area contributed by atoms with Gasteiger partial charge in [0.2, 0.25) is 0 Å². The topological polar surface area (TPSA) is 29.5 Å². The molecule has 0 bridgehead atoms. The fourth-order valence-corrected chi connectivity index (χ4v) is 3.15. The molecule has 5 heteroatoms. The van der Waals surface area contributed by atoms with Crippen molar-refractivity contribution in [3.63, 3.8) is 0 Å². The minimum absolute atomic E-state index is 0. The molecule has 104 valence electrons. The molecule has 3 rings (SSSR count). The summed E-state index contributed by atoms with van der Waals surface area (Å²) in [6.07, 6.45) is -0.331. The van der Waals surface area contributed by atoms with Crippen LogP contribution in [-0.2, 0) is 4.74 Å². The maximum Gasteiger partial charge on any atom is 0.419 e. The third-order valence-electron chi connectivity index (χ3n) is 2.88. The van der Waals surface area contributed by atoms with Gasteiger partial charge in [-0.3, -0.25) is 0 Å². The van der Waals surface area contributed by atoms with Crippen LogP contribution >= 0.6 is 24.2 Å². The molecule has 0 saturated heterocycles. The lowest BCUT2D eigenvalue weighted by atomic mass is 10.2. The first kappa shape index (κ1) is 14.8. The van der Waals surface area contributed by atoms with Crippen molar-refractivity contribution in [1.29, 1.82) is 0 Å². The number of para-hydroxylation sites is 2. The summed E-state index contributed by atoms with van der Waals surface area (Å²) in [5.41, 5.74) is 1.76. The maximum absolute atomic E-state index is 12.2. The Morgan fingerprint density at radius 1 is 1.05 bits per heavy atom. The average Bonchev–Trinajstić information content (AvgIpc) is 2.44. The summed E-state index contributed by atoms with van der Waals surface area (Å²) >= 11 is 1.67. The van der Waals surface area contributed by atoms with Crippen LogP contribution in [0.25, 0.3) is 0 Å². The Morgan fingerprint density at radius 3 is 2.05 bits per heavy atom. The first-order chi connectivity index (χ1) is 9.31. The molecule has 1 aliphatic rings. The van der Waals surface area contributed by atoms with Crippen molar-refractivity contribution < 1.29 is 9.53 Å². The Morgan fingerprint density at radius 2 is 1.55 bits per heavy atom. The summed E-state index contributed by atoms with van der Waals surface area (Å²) in [6.45, 7) is 2.18. The van der Waals surface area contributed by atoms with E-state index in [0.717, 1.165) is 21.2 Å². The third-order valence-corrected chi connectivity index (χ3v) is 4.01. The quantitative estimate of drug-likeness (QED) is 0.753. The Kier molecular flexibility index (Phi) is 4.57. The van der Waals surface area contributed by atoms with Gasteiger partial charge in [0.25, 0.3) is 0 Å². The Balaban J connectivity index is 0.00000147. The minimum Gasteiger partial charge on any atom is -0.449 e. The molecule has 2 aromatic rings. The van der Waals surface area contributed by atoms with Crippen molar-refractivity contribution in [2.45, 2.75) is 16.7 Å². The number of carbonyl (C=O) groups excluding carboxylic acids is 1. The van der Waals surface area contributed by atoms with E-state index >= 15 is 0 Å². The molecule has 20 heavy (non-hydrogen) atoms. The molecule has 0 aliphatic carbocycles. The molecule has 3 nitrogen and oxygen atoms in total. The number of anilines is 2. The van der Waals surface area contributed by atoms with Gasteiger partial charge in [-0.05, 0) is 31.2 Å². The number of halogens is 1. The molecule has 1 aliphatic heterocycles. The maximum atomic E-state index is 12.2. The Bertz CT molecular complexity index is 587. The van der Waals surface area contributed by atoms with Gasteiger partial charge in [0.15, 0.2) is 0 Å². The molecule has 2 aromatic carbocycles. The molecule has 0 unspecified atom stereocenters. The van der Waals surface area contributed by atoms with E-state index in [9.17, 15) is 4.79 Å². The van der Waals surface area contributed by atoms with Crippen molar-refractivity contribution in [3.8, 4) is 0 Å². The smallest absolute Gasteiger partial charge is 0.419 e. The number of fused-ring (bicyclic) bond motifs is 2. The molecule has 1 amide bonds. The largest absolute Gasteiger partial charge is 0.449 e. The number of amides is 1. The fourth-order valence-electron chi connectivity index (χ4n) is 2.09. The summed E-state index contributed by atoms with van der Waals surface area (Å²) in [5, 5.41) is 0. The van der Waals surface area contributed by atoms with E-state index in [1.54, 1.807) is 16.7 Å². The van der Waals surface area contributed by atoms with Gasteiger partial charge in [-0.25, -0.2) is 9.69 Å². The summed E-state index contributed by atoms with van der Waals surface area (Å²) in [4.78, 5) is 16.0. The lowest BCUT2D eigenvalue weighted by molar-refractivity contribution is 0.162. The van der Waals surface area contributed by atoms with Gasteiger partial charge in [-0.15, -0.1) is 12.4 Å². The monoisotopic (exact) mass is 307 g/mol. The van der Waals surface area contributed by atoms with Gasteiger partial charge in [0.05, 0.1) is 18.0 Å². The molecule has 0 spiro atoms. The molecular weight excluding hydrogens is 294 g/mol. The number of benzene rings is 2. The molecular formula is C15H14ClNO2S. The summed E-state index contributed by atoms with van der Waals surface area (Å²) in [5.74, 6) is 0. The fraction of sp³-hybridized carbons (Fsp3) is 0.133. The predicted molar refractivity (Wildman–Crippen MR) is 83.4 cm³/mol. The molecule has 1 heterocycles. The normalized spacial score (nSPS) is 11.9. The van der Waals surface area contributed by atoms with Gasteiger partial charge >= 0.3 is 6.09 Å². The highest BCUT2D eigenvalue weighted by Crippen LogP contribution is 2.47. The van der Waals surface area contributed by atoms with Crippen LogP contribution < -0.4 is 4.90 Å². The van der Waals surface area contributed by atoms with Crippen molar-refractivity contribution in [3.05, 3.63) is 48.5 Å². The van der Waals surface area contributed by atoms with Crippen molar-refractivity contribution >= 4 is 41.6 Å². The lowest BCUT2D eigenvalue weighted by Crippen LogP contribution is -2.29. The van der Waals surface area contributed by atoms with Crippen molar-refractivity contribution in [2.24, 2.45) is 0 Å². The van der Waals surface area contributed by atoms with Crippen LogP contribution in [-0.4, -0.2) is 12.7 Å². The van der Waals surface area contributed by atoms with E-state index < -0.39 is 0 Å². The average molecular weight is 308 g/mol. The number of rotatable bonds is 1. The highest BCUT2D eigenvalue weighted by Gasteiger charge is 2.28. The van der Waals surface area contributed by atoms with E-state index in [4.69, 9.17) is 4.74 Å². The third kappa shape index (κ3) is 2.49. The molecule has 0 fully saturated rings. The molecule has 0 N–H and O–H groups in total. The predicted octanol–water partition coefficient (Wildman–Crippen LogP) is 4.87. The van der Waals surface area contributed by atoms with Crippen LogP contribution in [0.1, 0.15) is 6.92 Å². The standard InChI is InChI=1S/C15H13NO2S.ClH/c1-2-18-15(17)16-11-7-3-5-9-13(11)19-14-10-6-4-8-12(14)16;/h3-10H,2H2,1H3;1H. The van der Waals surface area contributed by atoms with Gasteiger partial charge in [-0.1, -0.05) is 36.0 Å². The molecule has 0 radical (unpaired) electrons. The second-order valence-corrected chi connectivity index (χ2v) is 5.16. The van der Waals surface area contributed by atoms with E-state index in [0.29, 0.717) is 6.61 Å². The second-order valence-electron chi connectivity index (χ2n) is 4.07. The van der Waals surface area contributed by atoms with Crippen LogP contribution in [0.3, 0.4) is 0 Å². The molecule has 0 atom stereocenters. The van der Waals surface area contributed by atoms with Crippen LogP contribution in [0, 0.1) is 0 Å². The van der Waals surface area contributed by atoms with Crippen LogP contribution in [0.15, 0.2) is 58.3 Å². The number of nitrogens with zero attached hydrogens (tertiary/aromatic N) is 1. The number of carbonyl (C=O) groups is 1. The first-order valence-corrected chi connectivity index (χ1v) is 6.95. The van der Waals surface area contributed by atoms with Crippen LogP contribution in [0.2, 0.25) is 0 Å². The van der Waals surface area contributed by atoms with E-state index in [1.165, 1.54) is 0 Å². The Labute approximate surface area is 128 Å². The van der Waals surface area contributed by atoms with E-state index in [2.05, 4.69) is 0 Å². The second kappa shape index (κ2) is 6.20. The molecule has 0 aromatic heterocycles. The van der Waals surface area contributed by atoms with Crippen LogP contribution in [0.4, 0.5) is 16.2 Å². The van der Waals surface area contributed by atoms with Crippen molar-refractivity contribution in [1.82, 2.24) is 0 Å². The SMILES string of the molecule is CCOC(=O)N1c2ccccc2Sc2ccccc21.Cl. The van der Waals surface area contributed by atoms with Crippen LogP contribution in [0.5, 0.6) is 0 Å². The Hall–Kier alpha value is -1.65. The zero-order valence-electron chi connectivity index (χ0n) is 10.9. The number of ether oxygens (including phenoxy) is 1. The van der Waals surface area contributed by atoms with E-state index in [-0.39, 0.29) is 18.5 Å². The zero-order chi connectivity index (χ0) is 13.2. The zero-order valence-corrected chi connectivity index (χ0v) is 12.5. The lowest BCUT2D eigenvalue weighted by Gasteiger charge is -2.29. The first-order valence-electron chi connectivity index (χ1n) is 6.14. The summed E-state index contributed by atoms with van der Waals surface area (Å²) < 4.78 is 5.17. The summed E-state index contributed by atoms with van der Waals surface area (Å²) in [6, 6.07) is 15.7. The van der Waals surface area contributed by atoms with Crippen molar-refractivity contribution in [2.75, 3.05) is 11.5 Å². The van der Waals surface area contributed by atoms with Gasteiger partial charge in [-0.2, -0.15) is 0 Å². The van der Waals surface area contributed by atoms with E-state index in [1.807, 2.05) is 55.5 Å². The number of hydrogen-bond acceptors (Lipinski definition) is 3. The van der Waals surface area contributed by atoms with Gasteiger partial charge in [0.1, 0.15) is 0 Å².